The second-order valence-corrected chi connectivity index (χ2v) is 7.20. The zero-order valence-corrected chi connectivity index (χ0v) is 12.5. The van der Waals surface area contributed by atoms with Crippen molar-refractivity contribution in [2.75, 3.05) is 0 Å². The van der Waals surface area contributed by atoms with E-state index in [2.05, 4.69) is 48.5 Å². The molecule has 1 aliphatic rings. The van der Waals surface area contributed by atoms with Crippen molar-refractivity contribution in [1.82, 2.24) is 5.06 Å². The highest BCUT2D eigenvalue weighted by molar-refractivity contribution is 4.97. The molecule has 1 N–H and O–H groups in total. The van der Waals surface area contributed by atoms with Gasteiger partial charge in [0, 0.05) is 11.1 Å². The molecule has 1 saturated heterocycles. The van der Waals surface area contributed by atoms with Crippen LogP contribution in [0.1, 0.15) is 67.7 Å². The summed E-state index contributed by atoms with van der Waals surface area (Å²) in [5.41, 5.74) is -0.527. The molecule has 0 aromatic carbocycles. The Balaban J connectivity index is 2.79. The van der Waals surface area contributed by atoms with E-state index in [4.69, 9.17) is 4.74 Å². The van der Waals surface area contributed by atoms with Gasteiger partial charge < -0.3 is 9.94 Å². The van der Waals surface area contributed by atoms with Gasteiger partial charge in [-0.1, -0.05) is 6.92 Å². The monoisotopic (exact) mass is 243 g/mol. The van der Waals surface area contributed by atoms with E-state index in [1.165, 1.54) is 5.06 Å². The molecule has 0 radical (unpaired) electrons. The van der Waals surface area contributed by atoms with Crippen molar-refractivity contribution < 1.29 is 9.94 Å². The van der Waals surface area contributed by atoms with Gasteiger partial charge in [0.1, 0.15) is 0 Å². The molecule has 1 heterocycles. The predicted octanol–water partition coefficient (Wildman–Crippen LogP) is 3.60. The molecular weight excluding hydrogens is 214 g/mol. The summed E-state index contributed by atoms with van der Waals surface area (Å²) >= 11 is 0. The number of nitrogens with zero attached hydrogens (tertiary/aromatic N) is 1. The van der Waals surface area contributed by atoms with Gasteiger partial charge in [0.05, 0.1) is 11.7 Å². The van der Waals surface area contributed by atoms with Crippen LogP contribution in [-0.4, -0.2) is 33.1 Å². The number of piperidine rings is 1. The number of ether oxygens (including phenoxy) is 1. The predicted molar refractivity (Wildman–Crippen MR) is 70.3 cm³/mol. The van der Waals surface area contributed by atoms with Gasteiger partial charge in [0.25, 0.3) is 0 Å². The number of hydrogen-bond donors (Lipinski definition) is 1. The summed E-state index contributed by atoms with van der Waals surface area (Å²) in [4.78, 5) is 0. The first-order valence-corrected chi connectivity index (χ1v) is 6.67. The second-order valence-electron chi connectivity index (χ2n) is 7.20. The van der Waals surface area contributed by atoms with Crippen molar-refractivity contribution in [3.8, 4) is 0 Å². The maximum Gasteiger partial charge on any atom is 0.0627 e. The van der Waals surface area contributed by atoms with Crippen LogP contribution >= 0.6 is 0 Å². The molecule has 3 nitrogen and oxygen atoms in total. The molecule has 0 amide bonds. The fraction of sp³-hybridized carbons (Fsp3) is 1.00. The van der Waals surface area contributed by atoms with Gasteiger partial charge in [-0.3, -0.25) is 0 Å². The normalized spacial score (nSPS) is 26.1. The summed E-state index contributed by atoms with van der Waals surface area (Å²) in [6.07, 6.45) is 2.97. The molecular formula is C14H29NO2. The van der Waals surface area contributed by atoms with Crippen molar-refractivity contribution >= 4 is 0 Å². The molecule has 0 aromatic rings. The number of rotatable bonds is 3. The lowest BCUT2D eigenvalue weighted by Crippen LogP contribution is -2.61. The third-order valence-electron chi connectivity index (χ3n) is 3.94. The molecule has 0 bridgehead atoms. The molecule has 1 aliphatic heterocycles. The zero-order valence-electron chi connectivity index (χ0n) is 12.5. The summed E-state index contributed by atoms with van der Waals surface area (Å²) in [6, 6.07) is 0. The van der Waals surface area contributed by atoms with E-state index < -0.39 is 0 Å². The molecule has 3 heteroatoms. The minimum atomic E-state index is -0.226. The fourth-order valence-corrected chi connectivity index (χ4v) is 2.80. The lowest BCUT2D eigenvalue weighted by Gasteiger charge is -2.52. The first kappa shape index (κ1) is 14.9. The zero-order chi connectivity index (χ0) is 13.5. The first-order chi connectivity index (χ1) is 7.50. The van der Waals surface area contributed by atoms with Gasteiger partial charge in [-0.25, -0.2) is 0 Å². The van der Waals surface area contributed by atoms with E-state index in [1.807, 2.05) is 0 Å². The lowest BCUT2D eigenvalue weighted by atomic mass is 9.80. The second kappa shape index (κ2) is 4.52. The smallest absolute Gasteiger partial charge is 0.0627 e. The molecule has 1 fully saturated rings. The van der Waals surface area contributed by atoms with Crippen molar-refractivity contribution in [1.29, 1.82) is 0 Å². The summed E-state index contributed by atoms with van der Waals surface area (Å²) in [6.45, 7) is 14.7. The Morgan fingerprint density at radius 2 is 1.59 bits per heavy atom. The Morgan fingerprint density at radius 3 is 1.94 bits per heavy atom. The minimum Gasteiger partial charge on any atom is -0.372 e. The van der Waals surface area contributed by atoms with Crippen molar-refractivity contribution in [2.24, 2.45) is 0 Å². The fourth-order valence-electron chi connectivity index (χ4n) is 2.80. The third kappa shape index (κ3) is 3.43. The molecule has 1 rings (SSSR count). The van der Waals surface area contributed by atoms with Crippen LogP contribution in [-0.2, 0) is 4.74 Å². The number of hydrogen-bond acceptors (Lipinski definition) is 3. The van der Waals surface area contributed by atoms with Crippen LogP contribution in [0.3, 0.4) is 0 Å². The van der Waals surface area contributed by atoms with Crippen LogP contribution in [0.25, 0.3) is 0 Å². The van der Waals surface area contributed by atoms with Crippen molar-refractivity contribution in [3.05, 3.63) is 0 Å². The van der Waals surface area contributed by atoms with E-state index in [-0.39, 0.29) is 22.8 Å². The van der Waals surface area contributed by atoms with E-state index in [0.717, 1.165) is 19.3 Å². The van der Waals surface area contributed by atoms with Gasteiger partial charge in [0.15, 0.2) is 0 Å². The summed E-state index contributed by atoms with van der Waals surface area (Å²) in [5, 5.41) is 11.7. The summed E-state index contributed by atoms with van der Waals surface area (Å²) in [7, 11) is 0. The molecule has 0 saturated carbocycles. The molecule has 0 atom stereocenters. The van der Waals surface area contributed by atoms with Gasteiger partial charge in [-0.05, 0) is 60.8 Å². The largest absolute Gasteiger partial charge is 0.372 e. The lowest BCUT2D eigenvalue weighted by molar-refractivity contribution is -0.269. The van der Waals surface area contributed by atoms with E-state index in [0.29, 0.717) is 0 Å². The van der Waals surface area contributed by atoms with E-state index >= 15 is 0 Å². The van der Waals surface area contributed by atoms with Gasteiger partial charge in [-0.15, -0.1) is 0 Å². The Bertz CT molecular complexity index is 251. The van der Waals surface area contributed by atoms with Crippen molar-refractivity contribution in [2.45, 2.75) is 90.5 Å². The topological polar surface area (TPSA) is 32.7 Å². The van der Waals surface area contributed by atoms with Crippen LogP contribution in [0.5, 0.6) is 0 Å². The standard InChI is InChI=1S/C14H29NO2/c1-8-14(6,7)17-11-9-12(2,3)15(16)13(4,5)10-11/h11,16H,8-10H2,1-7H3. The maximum absolute atomic E-state index is 10.2. The molecule has 0 aromatic heterocycles. The highest BCUT2D eigenvalue weighted by atomic mass is 16.5. The molecule has 0 spiro atoms. The van der Waals surface area contributed by atoms with Crippen LogP contribution in [0.4, 0.5) is 0 Å². The molecule has 17 heavy (non-hydrogen) atoms. The molecule has 0 aliphatic carbocycles. The average molecular weight is 243 g/mol. The highest BCUT2D eigenvalue weighted by Crippen LogP contribution is 2.39. The van der Waals surface area contributed by atoms with Gasteiger partial charge in [0.2, 0.25) is 0 Å². The van der Waals surface area contributed by atoms with Gasteiger partial charge >= 0.3 is 0 Å². The van der Waals surface area contributed by atoms with Gasteiger partial charge in [-0.2, -0.15) is 5.06 Å². The number of hydroxylamine groups is 2. The Labute approximate surface area is 106 Å². The quantitative estimate of drug-likeness (QED) is 0.822. The molecule has 0 unspecified atom stereocenters. The average Bonchev–Trinajstić information content (AvgIpc) is 2.12. The van der Waals surface area contributed by atoms with Crippen LogP contribution in [0, 0.1) is 0 Å². The van der Waals surface area contributed by atoms with Crippen LogP contribution in [0.2, 0.25) is 0 Å². The highest BCUT2D eigenvalue weighted by Gasteiger charge is 2.46. The van der Waals surface area contributed by atoms with E-state index in [9.17, 15) is 5.21 Å². The van der Waals surface area contributed by atoms with E-state index in [1.54, 1.807) is 0 Å². The summed E-state index contributed by atoms with van der Waals surface area (Å²) in [5.74, 6) is 0. The molecule has 102 valence electrons. The van der Waals surface area contributed by atoms with Crippen LogP contribution < -0.4 is 0 Å². The minimum absolute atomic E-state index is 0.0749. The summed E-state index contributed by atoms with van der Waals surface area (Å²) < 4.78 is 6.21. The maximum atomic E-state index is 10.2. The van der Waals surface area contributed by atoms with Crippen LogP contribution in [0.15, 0.2) is 0 Å². The Morgan fingerprint density at radius 1 is 1.18 bits per heavy atom. The third-order valence-corrected chi connectivity index (χ3v) is 3.94. The first-order valence-electron chi connectivity index (χ1n) is 6.67. The SMILES string of the molecule is CCC(C)(C)OC1CC(C)(C)N(O)C(C)(C)C1. The Kier molecular flexibility index (Phi) is 3.98. The Hall–Kier alpha value is -0.120. The van der Waals surface area contributed by atoms with Crippen molar-refractivity contribution in [3.63, 3.8) is 0 Å².